The lowest BCUT2D eigenvalue weighted by atomic mass is 9.51. The summed E-state index contributed by atoms with van der Waals surface area (Å²) in [5.41, 5.74) is 1.03. The molecule has 43 heavy (non-hydrogen) atoms. The van der Waals surface area contributed by atoms with Gasteiger partial charge in [0.1, 0.15) is 12.4 Å². The maximum atomic E-state index is 14.4. The monoisotopic (exact) mass is 586 g/mol. The first-order chi connectivity index (χ1) is 20.7. The summed E-state index contributed by atoms with van der Waals surface area (Å²) < 4.78 is 5.55. The highest BCUT2D eigenvalue weighted by molar-refractivity contribution is 6.24. The van der Waals surface area contributed by atoms with Crippen molar-refractivity contribution in [2.75, 3.05) is 24.7 Å². The minimum Gasteiger partial charge on any atom is -0.491 e. The molecule has 10 heteroatoms. The summed E-state index contributed by atoms with van der Waals surface area (Å²) in [7, 11) is 0. The molecular formula is C33H34N2O8. The fourth-order valence-electron chi connectivity index (χ4n) is 7.81. The molecule has 1 saturated carbocycles. The molecule has 3 fully saturated rings. The number of nitrogens with zero attached hydrogens (tertiary/aromatic N) is 2. The maximum Gasteiger partial charge on any atom is 0.303 e. The van der Waals surface area contributed by atoms with Gasteiger partial charge in [0.05, 0.1) is 35.5 Å². The minimum atomic E-state index is -1.14. The number of fused-ring (bicyclic) bond motifs is 4. The molecule has 2 N–H and O–H groups in total. The lowest BCUT2D eigenvalue weighted by Crippen LogP contribution is -2.48. The van der Waals surface area contributed by atoms with Crippen LogP contribution in [0.15, 0.2) is 66.2 Å². The Morgan fingerprint density at radius 2 is 1.70 bits per heavy atom. The molecule has 2 heterocycles. The van der Waals surface area contributed by atoms with Crippen LogP contribution in [0.25, 0.3) is 0 Å². The first kappa shape index (κ1) is 28.8. The Kier molecular flexibility index (Phi) is 7.41. The molecule has 10 nitrogen and oxygen atoms in total. The molecular weight excluding hydrogens is 552 g/mol. The minimum absolute atomic E-state index is 0.0398. The van der Waals surface area contributed by atoms with Crippen LogP contribution >= 0.6 is 0 Å². The summed E-state index contributed by atoms with van der Waals surface area (Å²) in [5, 5.41) is 18.2. The number of carbonyl (C=O) groups is 5. The number of carboxylic acids is 1. The van der Waals surface area contributed by atoms with Gasteiger partial charge in [0, 0.05) is 18.9 Å². The molecule has 0 spiro atoms. The largest absolute Gasteiger partial charge is 0.491 e. The van der Waals surface area contributed by atoms with Crippen molar-refractivity contribution in [2.24, 2.45) is 29.1 Å². The first-order valence-electron chi connectivity index (χ1n) is 14.7. The molecule has 4 amide bonds. The third kappa shape index (κ3) is 4.55. The predicted molar refractivity (Wildman–Crippen MR) is 154 cm³/mol. The Morgan fingerprint density at radius 1 is 0.977 bits per heavy atom. The summed E-state index contributed by atoms with van der Waals surface area (Å²) in [5.74, 6) is -4.62. The molecule has 6 unspecified atom stereocenters. The van der Waals surface area contributed by atoms with Gasteiger partial charge in [0.2, 0.25) is 23.6 Å². The average Bonchev–Trinajstić information content (AvgIpc) is 3.36. The fourth-order valence-corrected chi connectivity index (χ4v) is 7.81. The normalized spacial score (nSPS) is 29.7. The van der Waals surface area contributed by atoms with Gasteiger partial charge in [0.15, 0.2) is 0 Å². The second-order valence-electron chi connectivity index (χ2n) is 12.0. The van der Waals surface area contributed by atoms with Crippen LogP contribution < -0.4 is 9.64 Å². The van der Waals surface area contributed by atoms with Gasteiger partial charge in [-0.15, -0.1) is 0 Å². The van der Waals surface area contributed by atoms with Gasteiger partial charge in [-0.05, 0) is 61.9 Å². The Hall–Kier alpha value is -4.31. The number of hydrogen-bond acceptors (Lipinski definition) is 7. The van der Waals surface area contributed by atoms with E-state index in [4.69, 9.17) is 14.9 Å². The number of aliphatic carboxylic acids is 1. The summed E-state index contributed by atoms with van der Waals surface area (Å²) in [6.45, 7) is 1.88. The number of ether oxygens (including phenoxy) is 1. The molecule has 0 bridgehead atoms. The van der Waals surface area contributed by atoms with Crippen LogP contribution in [0.5, 0.6) is 5.75 Å². The van der Waals surface area contributed by atoms with Crippen molar-refractivity contribution in [1.29, 1.82) is 0 Å². The Morgan fingerprint density at radius 3 is 2.37 bits per heavy atom. The zero-order valence-electron chi connectivity index (χ0n) is 23.8. The van der Waals surface area contributed by atoms with E-state index in [-0.39, 0.29) is 62.6 Å². The molecule has 2 aliphatic heterocycles. The van der Waals surface area contributed by atoms with Crippen LogP contribution in [0.2, 0.25) is 0 Å². The molecule has 0 radical (unpaired) electrons. The second kappa shape index (κ2) is 11.1. The van der Waals surface area contributed by atoms with Crippen molar-refractivity contribution >= 4 is 35.3 Å². The van der Waals surface area contributed by atoms with Crippen LogP contribution in [-0.4, -0.2) is 64.5 Å². The summed E-state index contributed by atoms with van der Waals surface area (Å²) >= 11 is 0. The predicted octanol–water partition coefficient (Wildman–Crippen LogP) is 3.15. The van der Waals surface area contributed by atoms with Gasteiger partial charge in [-0.2, -0.15) is 0 Å². The summed E-state index contributed by atoms with van der Waals surface area (Å²) in [6, 6.07) is 16.1. The molecule has 0 aromatic heterocycles. The number of carbonyl (C=O) groups excluding carboxylic acids is 4. The lowest BCUT2D eigenvalue weighted by Gasteiger charge is -2.49. The Balaban J connectivity index is 1.42. The number of anilines is 1. The molecule has 6 atom stereocenters. The first-order valence-corrected chi connectivity index (χ1v) is 14.7. The maximum absolute atomic E-state index is 14.4. The third-order valence-electron chi connectivity index (χ3n) is 9.73. The van der Waals surface area contributed by atoms with Gasteiger partial charge < -0.3 is 14.9 Å². The average molecular weight is 587 g/mol. The Bertz CT molecular complexity index is 1500. The van der Waals surface area contributed by atoms with E-state index in [0.717, 1.165) is 11.1 Å². The molecule has 6 rings (SSSR count). The van der Waals surface area contributed by atoms with E-state index < -0.39 is 41.0 Å². The number of likely N-dealkylation sites (tertiary alicyclic amines) is 1. The van der Waals surface area contributed by atoms with Gasteiger partial charge in [-0.25, -0.2) is 4.90 Å². The van der Waals surface area contributed by atoms with Crippen molar-refractivity contribution in [3.05, 3.63) is 71.8 Å². The zero-order valence-corrected chi connectivity index (χ0v) is 23.8. The van der Waals surface area contributed by atoms with E-state index in [0.29, 0.717) is 17.9 Å². The molecule has 2 saturated heterocycles. The van der Waals surface area contributed by atoms with Crippen LogP contribution in [0.3, 0.4) is 0 Å². The Labute approximate surface area is 248 Å². The number of carboxylic acid groups (broad SMARTS) is 1. The number of rotatable bonds is 9. The van der Waals surface area contributed by atoms with Crippen LogP contribution in [0.4, 0.5) is 5.69 Å². The highest BCUT2D eigenvalue weighted by Gasteiger charge is 2.67. The van der Waals surface area contributed by atoms with Crippen molar-refractivity contribution in [2.45, 2.75) is 38.5 Å². The van der Waals surface area contributed by atoms with Gasteiger partial charge in [-0.3, -0.25) is 28.9 Å². The number of para-hydroxylation sites is 1. The smallest absolute Gasteiger partial charge is 0.303 e. The standard InChI is InChI=1S/C33H34N2O8/c1-33-25(30(40)35(32(33)42)20-6-3-2-4-7-20)18-24-22(28(33)19-9-11-21(12-10-19)43-17-16-36)13-14-23-27(24)31(41)34(29(23)39)15-5-8-26(37)38/h2-4,6-7,9-13,23-25,27-28,36H,5,8,14-18H2,1H3,(H,37,38). The van der Waals surface area contributed by atoms with Crippen LogP contribution in [0.1, 0.15) is 44.1 Å². The van der Waals surface area contributed by atoms with Gasteiger partial charge in [-0.1, -0.05) is 42.0 Å². The number of aliphatic hydroxyl groups is 1. The van der Waals surface area contributed by atoms with E-state index >= 15 is 0 Å². The molecule has 2 aliphatic carbocycles. The van der Waals surface area contributed by atoms with E-state index in [9.17, 15) is 24.0 Å². The third-order valence-corrected chi connectivity index (χ3v) is 9.73. The van der Waals surface area contributed by atoms with E-state index in [1.165, 1.54) is 9.80 Å². The van der Waals surface area contributed by atoms with Crippen LogP contribution in [-0.2, 0) is 24.0 Å². The second-order valence-corrected chi connectivity index (χ2v) is 12.0. The lowest BCUT2D eigenvalue weighted by molar-refractivity contribution is -0.142. The fraction of sp³-hybridized carbons (Fsp3) is 0.424. The van der Waals surface area contributed by atoms with Crippen molar-refractivity contribution in [3.8, 4) is 5.75 Å². The van der Waals surface area contributed by atoms with E-state index in [2.05, 4.69) is 0 Å². The van der Waals surface area contributed by atoms with Crippen molar-refractivity contribution < 1.29 is 38.9 Å². The highest BCUT2D eigenvalue weighted by atomic mass is 16.5. The number of hydrogen-bond donors (Lipinski definition) is 2. The number of imide groups is 2. The zero-order chi connectivity index (χ0) is 30.5. The molecule has 4 aliphatic rings. The van der Waals surface area contributed by atoms with Gasteiger partial charge >= 0.3 is 5.97 Å². The number of amides is 4. The quantitative estimate of drug-likeness (QED) is 0.337. The number of allylic oxidation sites excluding steroid dienone is 2. The number of benzene rings is 2. The SMILES string of the molecule is CC12C(=O)N(c3ccccc3)C(=O)C1CC1C(=CCC3C(=O)N(CCCC(=O)O)C(=O)C31)C2c1ccc(OCCO)cc1. The topological polar surface area (TPSA) is 142 Å². The molecule has 2 aromatic carbocycles. The number of aliphatic hydroxyl groups excluding tert-OH is 1. The van der Waals surface area contributed by atoms with Crippen molar-refractivity contribution in [3.63, 3.8) is 0 Å². The summed E-state index contributed by atoms with van der Waals surface area (Å²) in [6.07, 6.45) is 2.60. The van der Waals surface area contributed by atoms with E-state index in [1.807, 2.05) is 31.2 Å². The van der Waals surface area contributed by atoms with Gasteiger partial charge in [0.25, 0.3) is 0 Å². The van der Waals surface area contributed by atoms with E-state index in [1.54, 1.807) is 36.4 Å². The van der Waals surface area contributed by atoms with Crippen molar-refractivity contribution in [1.82, 2.24) is 4.90 Å². The summed E-state index contributed by atoms with van der Waals surface area (Å²) in [4.78, 5) is 69.2. The highest BCUT2D eigenvalue weighted by Crippen LogP contribution is 2.63. The molecule has 224 valence electrons. The molecule has 2 aromatic rings. The van der Waals surface area contributed by atoms with Crippen LogP contribution in [0, 0.1) is 29.1 Å².